The molecule has 19 heavy (non-hydrogen) atoms. The molecule has 0 spiro atoms. The van der Waals surface area contributed by atoms with Crippen LogP contribution < -0.4 is 4.72 Å². The summed E-state index contributed by atoms with van der Waals surface area (Å²) in [5, 5.41) is 1.15. The molecule has 2 aromatic rings. The van der Waals surface area contributed by atoms with E-state index in [1.54, 1.807) is 31.3 Å². The third kappa shape index (κ3) is 4.22. The maximum Gasteiger partial charge on any atom is 0.255 e. The smallest absolute Gasteiger partial charge is 0.255 e. The lowest BCUT2D eigenvalue weighted by atomic mass is 10.2. The molecule has 1 aromatic heterocycles. The molecule has 0 bridgehead atoms. The third-order valence-corrected chi connectivity index (χ3v) is 3.41. The molecule has 0 radical (unpaired) electrons. The van der Waals surface area contributed by atoms with Gasteiger partial charge in [0.2, 0.25) is 0 Å². The first-order valence-electron chi connectivity index (χ1n) is 5.74. The lowest BCUT2D eigenvalue weighted by molar-refractivity contribution is 0.609. The molecule has 1 aromatic carbocycles. The van der Waals surface area contributed by atoms with Crippen LogP contribution in [0.1, 0.15) is 11.3 Å². The van der Waals surface area contributed by atoms with E-state index in [-0.39, 0.29) is 0 Å². The van der Waals surface area contributed by atoms with E-state index in [4.69, 9.17) is 0 Å². The zero-order chi connectivity index (χ0) is 13.7. The van der Waals surface area contributed by atoms with E-state index in [1.807, 2.05) is 30.3 Å². The molecular weight excluding hydrogens is 260 g/mol. The molecule has 0 fully saturated rings. The second-order valence-corrected chi connectivity index (χ2v) is 5.61. The van der Waals surface area contributed by atoms with E-state index in [2.05, 4.69) is 9.71 Å². The first-order valence-corrected chi connectivity index (χ1v) is 7.28. The van der Waals surface area contributed by atoms with Crippen LogP contribution in [0.5, 0.6) is 0 Å². The molecule has 1 N–H and O–H groups in total. The number of hydrogen-bond acceptors (Lipinski definition) is 3. The van der Waals surface area contributed by atoms with Gasteiger partial charge in [-0.1, -0.05) is 30.3 Å². The highest BCUT2D eigenvalue weighted by Gasteiger charge is 2.05. The molecule has 0 aliphatic heterocycles. The number of aryl methyl sites for hydroxylation is 1. The van der Waals surface area contributed by atoms with Crippen molar-refractivity contribution >= 4 is 21.8 Å². The SMILES string of the molecule is Cc1cc(NS(=O)(=O)/C=C/c2ccccc2)ccn1. The number of anilines is 1. The van der Waals surface area contributed by atoms with Gasteiger partial charge in [-0.3, -0.25) is 9.71 Å². The van der Waals surface area contributed by atoms with Gasteiger partial charge in [0, 0.05) is 11.9 Å². The van der Waals surface area contributed by atoms with E-state index in [0.717, 1.165) is 16.7 Å². The minimum atomic E-state index is -3.51. The Labute approximate surface area is 112 Å². The summed E-state index contributed by atoms with van der Waals surface area (Å²) < 4.78 is 26.2. The van der Waals surface area contributed by atoms with E-state index in [9.17, 15) is 8.42 Å². The Hall–Kier alpha value is -2.14. The van der Waals surface area contributed by atoms with Crippen LogP contribution >= 0.6 is 0 Å². The van der Waals surface area contributed by atoms with Crippen molar-refractivity contribution in [1.29, 1.82) is 0 Å². The van der Waals surface area contributed by atoms with Crippen molar-refractivity contribution < 1.29 is 8.42 Å². The van der Waals surface area contributed by atoms with Gasteiger partial charge in [0.15, 0.2) is 0 Å². The maximum atomic E-state index is 11.9. The van der Waals surface area contributed by atoms with Crippen molar-refractivity contribution in [2.24, 2.45) is 0 Å². The normalized spacial score (nSPS) is 11.6. The predicted molar refractivity (Wildman–Crippen MR) is 77.0 cm³/mol. The highest BCUT2D eigenvalue weighted by Crippen LogP contribution is 2.11. The lowest BCUT2D eigenvalue weighted by Gasteiger charge is -2.04. The fourth-order valence-corrected chi connectivity index (χ4v) is 2.40. The zero-order valence-corrected chi connectivity index (χ0v) is 11.3. The number of nitrogens with one attached hydrogen (secondary N) is 1. The number of hydrogen-bond donors (Lipinski definition) is 1. The van der Waals surface area contributed by atoms with Crippen molar-refractivity contribution in [1.82, 2.24) is 4.98 Å². The van der Waals surface area contributed by atoms with Gasteiger partial charge in [0.25, 0.3) is 10.0 Å². The number of nitrogens with zero attached hydrogens (tertiary/aromatic N) is 1. The Morgan fingerprint density at radius 1 is 1.16 bits per heavy atom. The summed E-state index contributed by atoms with van der Waals surface area (Å²) in [4.78, 5) is 4.01. The lowest BCUT2D eigenvalue weighted by Crippen LogP contribution is -2.09. The van der Waals surface area contributed by atoms with Crippen molar-refractivity contribution in [3.05, 3.63) is 65.3 Å². The number of pyridine rings is 1. The number of aromatic nitrogens is 1. The average Bonchev–Trinajstić information content (AvgIpc) is 2.37. The van der Waals surface area contributed by atoms with Crippen LogP contribution in [0, 0.1) is 6.92 Å². The molecule has 0 amide bonds. The van der Waals surface area contributed by atoms with E-state index in [1.165, 1.54) is 0 Å². The Morgan fingerprint density at radius 2 is 1.89 bits per heavy atom. The molecule has 0 atom stereocenters. The molecular formula is C14H14N2O2S. The number of sulfonamides is 1. The summed E-state index contributed by atoms with van der Waals surface area (Å²) in [6, 6.07) is 12.5. The summed E-state index contributed by atoms with van der Waals surface area (Å²) in [6.07, 6.45) is 3.12. The standard InChI is InChI=1S/C14H14N2O2S/c1-12-11-14(7-9-15-12)16-19(17,18)10-8-13-5-3-2-4-6-13/h2-11H,1H3,(H,15,16)/b10-8+. The molecule has 0 aliphatic rings. The summed E-state index contributed by atoms with van der Waals surface area (Å²) in [5.74, 6) is 0. The second kappa shape index (κ2) is 5.67. The van der Waals surface area contributed by atoms with E-state index >= 15 is 0 Å². The highest BCUT2D eigenvalue weighted by atomic mass is 32.2. The molecule has 5 heteroatoms. The molecule has 0 aliphatic carbocycles. The van der Waals surface area contributed by atoms with Gasteiger partial charge in [0.1, 0.15) is 0 Å². The molecule has 0 unspecified atom stereocenters. The van der Waals surface area contributed by atoms with Gasteiger partial charge >= 0.3 is 0 Å². The molecule has 2 rings (SSSR count). The largest absolute Gasteiger partial charge is 0.280 e. The fraction of sp³-hybridized carbons (Fsp3) is 0.0714. The Kier molecular flexibility index (Phi) is 3.97. The van der Waals surface area contributed by atoms with Crippen LogP contribution in [0.25, 0.3) is 6.08 Å². The predicted octanol–water partition coefficient (Wildman–Crippen LogP) is 2.80. The van der Waals surface area contributed by atoms with Crippen LogP contribution in [-0.4, -0.2) is 13.4 Å². The first kappa shape index (κ1) is 13.3. The zero-order valence-electron chi connectivity index (χ0n) is 10.4. The maximum absolute atomic E-state index is 11.9. The summed E-state index contributed by atoms with van der Waals surface area (Å²) in [7, 11) is -3.51. The minimum Gasteiger partial charge on any atom is -0.280 e. The first-order chi connectivity index (χ1) is 9.05. The van der Waals surface area contributed by atoms with Crippen LogP contribution in [0.4, 0.5) is 5.69 Å². The van der Waals surface area contributed by atoms with Crippen LogP contribution in [0.3, 0.4) is 0 Å². The topological polar surface area (TPSA) is 59.1 Å². The quantitative estimate of drug-likeness (QED) is 0.932. The summed E-state index contributed by atoms with van der Waals surface area (Å²) >= 11 is 0. The third-order valence-electron chi connectivity index (χ3n) is 2.40. The highest BCUT2D eigenvalue weighted by molar-refractivity contribution is 7.95. The monoisotopic (exact) mass is 274 g/mol. The van der Waals surface area contributed by atoms with Crippen molar-refractivity contribution in [2.45, 2.75) is 6.92 Å². The van der Waals surface area contributed by atoms with Gasteiger partial charge in [-0.15, -0.1) is 0 Å². The second-order valence-electron chi connectivity index (χ2n) is 4.05. The van der Waals surface area contributed by atoms with Gasteiger partial charge in [-0.2, -0.15) is 0 Å². The number of benzene rings is 1. The Bertz CT molecular complexity index is 680. The van der Waals surface area contributed by atoms with Crippen LogP contribution in [0.2, 0.25) is 0 Å². The van der Waals surface area contributed by atoms with Crippen molar-refractivity contribution in [2.75, 3.05) is 4.72 Å². The Morgan fingerprint density at radius 3 is 2.58 bits per heavy atom. The van der Waals surface area contributed by atoms with E-state index < -0.39 is 10.0 Å². The van der Waals surface area contributed by atoms with Crippen LogP contribution in [-0.2, 0) is 10.0 Å². The van der Waals surface area contributed by atoms with Gasteiger partial charge in [-0.25, -0.2) is 8.42 Å². The van der Waals surface area contributed by atoms with Gasteiger partial charge in [0.05, 0.1) is 11.1 Å². The van der Waals surface area contributed by atoms with Crippen molar-refractivity contribution in [3.63, 3.8) is 0 Å². The minimum absolute atomic E-state index is 0.505. The number of rotatable bonds is 4. The summed E-state index contributed by atoms with van der Waals surface area (Å²) in [6.45, 7) is 1.80. The fourth-order valence-electron chi connectivity index (χ4n) is 1.54. The Balaban J connectivity index is 2.13. The average molecular weight is 274 g/mol. The molecule has 4 nitrogen and oxygen atoms in total. The van der Waals surface area contributed by atoms with Gasteiger partial charge < -0.3 is 0 Å². The molecule has 98 valence electrons. The molecule has 0 saturated carbocycles. The van der Waals surface area contributed by atoms with Gasteiger partial charge in [-0.05, 0) is 30.7 Å². The van der Waals surface area contributed by atoms with Crippen LogP contribution in [0.15, 0.2) is 54.1 Å². The summed E-state index contributed by atoms with van der Waals surface area (Å²) in [5.41, 5.74) is 2.09. The molecule has 1 heterocycles. The molecule has 0 saturated heterocycles. The van der Waals surface area contributed by atoms with E-state index in [0.29, 0.717) is 5.69 Å². The van der Waals surface area contributed by atoms with Crippen molar-refractivity contribution in [3.8, 4) is 0 Å².